The minimum absolute atomic E-state index is 0.000728. The molecule has 1 aliphatic carbocycles. The van der Waals surface area contributed by atoms with Crippen LogP contribution in [0.1, 0.15) is 31.2 Å². The van der Waals surface area contributed by atoms with Crippen LogP contribution in [0.5, 0.6) is 0 Å². The second kappa shape index (κ2) is 11.6. The molecule has 2 aliphatic rings. The van der Waals surface area contributed by atoms with E-state index in [0.29, 0.717) is 19.8 Å². The minimum atomic E-state index is -0.000728. The Kier molecular flexibility index (Phi) is 8.37. The van der Waals surface area contributed by atoms with Crippen molar-refractivity contribution in [2.75, 3.05) is 62.7 Å². The molecule has 0 spiro atoms. The van der Waals surface area contributed by atoms with E-state index in [4.69, 9.17) is 14.2 Å². The van der Waals surface area contributed by atoms with Crippen LogP contribution < -0.4 is 15.1 Å². The van der Waals surface area contributed by atoms with Crippen molar-refractivity contribution in [2.24, 2.45) is 5.92 Å². The molecule has 184 valence electrons. The van der Waals surface area contributed by atoms with Crippen LogP contribution in [-0.4, -0.2) is 64.6 Å². The number of methoxy groups -OCH3 is 3. The highest BCUT2D eigenvalue weighted by atomic mass is 16.5. The Bertz CT molecular complexity index is 954. The van der Waals surface area contributed by atoms with Gasteiger partial charge in [0.2, 0.25) is 5.91 Å². The predicted molar refractivity (Wildman–Crippen MR) is 134 cm³/mol. The lowest BCUT2D eigenvalue weighted by atomic mass is 9.86. The quantitative estimate of drug-likeness (QED) is 0.597. The Hall–Kier alpha value is -2.68. The average Bonchev–Trinajstić information content (AvgIpc) is 3.05. The molecular formula is C26H36N4O4. The normalized spacial score (nSPS) is 19.6. The molecule has 8 nitrogen and oxygen atoms in total. The van der Waals surface area contributed by atoms with Crippen LogP contribution in [0.15, 0.2) is 36.5 Å². The van der Waals surface area contributed by atoms with E-state index < -0.39 is 0 Å². The van der Waals surface area contributed by atoms with Gasteiger partial charge >= 0.3 is 0 Å². The Morgan fingerprint density at radius 2 is 1.82 bits per heavy atom. The van der Waals surface area contributed by atoms with Gasteiger partial charge in [0.25, 0.3) is 0 Å². The van der Waals surface area contributed by atoms with E-state index >= 15 is 0 Å². The number of aromatic nitrogens is 1. The predicted octanol–water partition coefficient (Wildman–Crippen LogP) is 3.98. The monoisotopic (exact) mass is 468 g/mol. The van der Waals surface area contributed by atoms with E-state index in [1.54, 1.807) is 27.5 Å². The van der Waals surface area contributed by atoms with Gasteiger partial charge in [-0.15, -0.1) is 0 Å². The van der Waals surface area contributed by atoms with Gasteiger partial charge in [0.05, 0.1) is 37.2 Å². The van der Waals surface area contributed by atoms with Gasteiger partial charge in [0.1, 0.15) is 5.82 Å². The largest absolute Gasteiger partial charge is 0.383 e. The number of carbonyl (C=O) groups excluding carboxylic acids is 1. The lowest BCUT2D eigenvalue weighted by molar-refractivity contribution is -0.124. The average molecular weight is 469 g/mol. The van der Waals surface area contributed by atoms with E-state index in [1.807, 2.05) is 23.1 Å². The van der Waals surface area contributed by atoms with Gasteiger partial charge in [-0.1, -0.05) is 6.07 Å². The number of carbonyl (C=O) groups is 1. The first-order valence-corrected chi connectivity index (χ1v) is 12.1. The van der Waals surface area contributed by atoms with Crippen LogP contribution in [-0.2, 0) is 25.5 Å². The molecule has 2 heterocycles. The van der Waals surface area contributed by atoms with Crippen molar-refractivity contribution in [3.8, 4) is 0 Å². The summed E-state index contributed by atoms with van der Waals surface area (Å²) < 4.78 is 16.2. The standard InChI is InChI=1S/C26H36N4O4/c1-32-15-13-29(14-16-33-2)21-8-11-23-24(17-21)30(18-20-5-4-12-27-25(20)28-23)26(31)19-6-9-22(34-3)10-7-19/h4-5,8,11-12,17,19,22H,6-7,9-10,13-16,18H2,1-3H3,(H,27,28). The van der Waals surface area contributed by atoms with Crippen LogP contribution in [0.3, 0.4) is 0 Å². The molecule has 0 unspecified atom stereocenters. The Labute approximate surface area is 202 Å². The molecule has 1 N–H and O–H groups in total. The van der Waals surface area contributed by atoms with Crippen molar-refractivity contribution >= 4 is 28.8 Å². The summed E-state index contributed by atoms with van der Waals surface area (Å²) in [7, 11) is 5.17. The summed E-state index contributed by atoms with van der Waals surface area (Å²) in [6.07, 6.45) is 5.58. The van der Waals surface area contributed by atoms with Gasteiger partial charge in [-0.2, -0.15) is 0 Å². The third-order valence-electron chi connectivity index (χ3n) is 6.86. The van der Waals surface area contributed by atoms with Crippen molar-refractivity contribution in [3.63, 3.8) is 0 Å². The zero-order valence-electron chi connectivity index (χ0n) is 20.5. The highest BCUT2D eigenvalue weighted by Crippen LogP contribution is 2.39. The molecule has 1 fully saturated rings. The fraction of sp³-hybridized carbons (Fsp3) is 0.538. The van der Waals surface area contributed by atoms with E-state index in [9.17, 15) is 4.79 Å². The molecule has 0 radical (unpaired) electrons. The number of anilines is 4. The van der Waals surface area contributed by atoms with Crippen molar-refractivity contribution in [1.82, 2.24) is 4.98 Å². The molecular weight excluding hydrogens is 432 g/mol. The number of nitrogens with zero attached hydrogens (tertiary/aromatic N) is 3. The molecule has 2 aromatic rings. The first-order chi connectivity index (χ1) is 16.6. The van der Waals surface area contributed by atoms with Crippen LogP contribution in [0.25, 0.3) is 0 Å². The number of pyridine rings is 1. The SMILES string of the molecule is COCCN(CCOC)c1ccc2c(c1)N(C(=O)C1CCC(OC)CC1)Cc1cccnc1N2. The number of nitrogens with one attached hydrogen (secondary N) is 1. The molecule has 0 bridgehead atoms. The Balaban J connectivity index is 1.68. The number of amides is 1. The zero-order valence-corrected chi connectivity index (χ0v) is 20.5. The maximum Gasteiger partial charge on any atom is 0.230 e. The van der Waals surface area contributed by atoms with E-state index in [1.165, 1.54) is 0 Å². The second-order valence-electron chi connectivity index (χ2n) is 8.94. The molecule has 1 aromatic carbocycles. The van der Waals surface area contributed by atoms with Gasteiger partial charge < -0.3 is 29.3 Å². The molecule has 1 aliphatic heterocycles. The topological polar surface area (TPSA) is 76.2 Å². The van der Waals surface area contributed by atoms with Crippen LogP contribution in [0.4, 0.5) is 22.9 Å². The molecule has 8 heteroatoms. The number of fused-ring (bicyclic) bond motifs is 2. The second-order valence-corrected chi connectivity index (χ2v) is 8.94. The molecule has 4 rings (SSSR count). The molecule has 1 aromatic heterocycles. The summed E-state index contributed by atoms with van der Waals surface area (Å²) >= 11 is 0. The van der Waals surface area contributed by atoms with E-state index in [2.05, 4.69) is 27.3 Å². The van der Waals surface area contributed by atoms with Crippen LogP contribution in [0.2, 0.25) is 0 Å². The van der Waals surface area contributed by atoms with Gasteiger partial charge in [-0.25, -0.2) is 4.98 Å². The third kappa shape index (κ3) is 5.51. The summed E-state index contributed by atoms with van der Waals surface area (Å²) in [5.41, 5.74) is 3.82. The summed E-state index contributed by atoms with van der Waals surface area (Å²) in [4.78, 5) is 22.6. The summed E-state index contributed by atoms with van der Waals surface area (Å²) in [6, 6.07) is 10.2. The fourth-order valence-electron chi connectivity index (χ4n) is 4.84. The lowest BCUT2D eigenvalue weighted by Crippen LogP contribution is -2.38. The highest BCUT2D eigenvalue weighted by molar-refractivity contribution is 6.00. The molecule has 0 saturated heterocycles. The number of hydrogen-bond donors (Lipinski definition) is 1. The number of ether oxygens (including phenoxy) is 3. The Morgan fingerprint density at radius 1 is 1.09 bits per heavy atom. The molecule has 34 heavy (non-hydrogen) atoms. The molecule has 1 saturated carbocycles. The minimum Gasteiger partial charge on any atom is -0.383 e. The molecule has 1 amide bonds. The van der Waals surface area contributed by atoms with Gasteiger partial charge in [-0.05, 0) is 49.9 Å². The summed E-state index contributed by atoms with van der Waals surface area (Å²) in [5, 5.41) is 3.47. The van der Waals surface area contributed by atoms with Gasteiger partial charge in [0, 0.05) is 57.8 Å². The van der Waals surface area contributed by atoms with Crippen molar-refractivity contribution in [3.05, 3.63) is 42.1 Å². The first-order valence-electron chi connectivity index (χ1n) is 12.1. The first kappa shape index (κ1) is 24.4. The van der Waals surface area contributed by atoms with Crippen LogP contribution >= 0.6 is 0 Å². The van der Waals surface area contributed by atoms with E-state index in [0.717, 1.165) is 67.2 Å². The third-order valence-corrected chi connectivity index (χ3v) is 6.86. The number of benzene rings is 1. The number of hydrogen-bond acceptors (Lipinski definition) is 7. The van der Waals surface area contributed by atoms with Gasteiger partial charge in [-0.3, -0.25) is 4.79 Å². The van der Waals surface area contributed by atoms with Gasteiger partial charge in [0.15, 0.2) is 0 Å². The molecule has 0 atom stereocenters. The smallest absolute Gasteiger partial charge is 0.230 e. The highest BCUT2D eigenvalue weighted by Gasteiger charge is 2.33. The Morgan fingerprint density at radius 3 is 2.50 bits per heavy atom. The summed E-state index contributed by atoms with van der Waals surface area (Å²) in [6.45, 7) is 3.19. The van der Waals surface area contributed by atoms with E-state index in [-0.39, 0.29) is 17.9 Å². The lowest BCUT2D eigenvalue weighted by Gasteiger charge is -2.32. The van der Waals surface area contributed by atoms with Crippen molar-refractivity contribution in [2.45, 2.75) is 38.3 Å². The van der Waals surface area contributed by atoms with Crippen LogP contribution in [0, 0.1) is 5.92 Å². The van der Waals surface area contributed by atoms with Crippen molar-refractivity contribution in [1.29, 1.82) is 0 Å². The fourth-order valence-corrected chi connectivity index (χ4v) is 4.84. The zero-order chi connectivity index (χ0) is 23.9. The maximum absolute atomic E-state index is 13.9. The summed E-state index contributed by atoms with van der Waals surface area (Å²) in [5.74, 6) is 0.969. The maximum atomic E-state index is 13.9. The van der Waals surface area contributed by atoms with Crippen molar-refractivity contribution < 1.29 is 19.0 Å². The number of rotatable bonds is 9.